The minimum Gasteiger partial charge on any atom is -0.316 e. The van der Waals surface area contributed by atoms with Crippen molar-refractivity contribution in [1.29, 1.82) is 0 Å². The fraction of sp³-hybridized carbons (Fsp3) is 0.647. The molecular formula is C17H27N. The van der Waals surface area contributed by atoms with E-state index in [-0.39, 0.29) is 0 Å². The van der Waals surface area contributed by atoms with Gasteiger partial charge in [0, 0.05) is 0 Å². The van der Waals surface area contributed by atoms with Gasteiger partial charge in [0.25, 0.3) is 0 Å². The molecule has 1 aromatic rings. The second kappa shape index (κ2) is 6.38. The highest BCUT2D eigenvalue weighted by atomic mass is 14.9. The van der Waals surface area contributed by atoms with Gasteiger partial charge >= 0.3 is 0 Å². The maximum absolute atomic E-state index is 3.65. The van der Waals surface area contributed by atoms with Crippen LogP contribution >= 0.6 is 0 Å². The van der Waals surface area contributed by atoms with Crippen LogP contribution in [-0.4, -0.2) is 13.1 Å². The maximum atomic E-state index is 3.65. The lowest BCUT2D eigenvalue weighted by atomic mass is 9.86. The number of aryl methyl sites for hydroxylation is 1. The average molecular weight is 245 g/mol. The van der Waals surface area contributed by atoms with Crippen molar-refractivity contribution in [3.63, 3.8) is 0 Å². The molecule has 1 aromatic carbocycles. The number of hydrogen-bond acceptors (Lipinski definition) is 1. The van der Waals surface area contributed by atoms with Gasteiger partial charge in [0.1, 0.15) is 0 Å². The molecule has 0 aromatic heterocycles. The summed E-state index contributed by atoms with van der Waals surface area (Å²) in [5, 5.41) is 3.65. The first-order valence-corrected chi connectivity index (χ1v) is 7.44. The molecule has 1 nitrogen and oxygen atoms in total. The van der Waals surface area contributed by atoms with E-state index in [1.807, 2.05) is 0 Å². The molecule has 18 heavy (non-hydrogen) atoms. The largest absolute Gasteiger partial charge is 0.316 e. The molecule has 2 unspecified atom stereocenters. The van der Waals surface area contributed by atoms with Gasteiger partial charge in [-0.05, 0) is 61.7 Å². The lowest BCUT2D eigenvalue weighted by molar-refractivity contribution is 0.424. The SMILES string of the molecule is Cc1ccccc1C1CCCC1CNCC(C)C. The number of benzene rings is 1. The summed E-state index contributed by atoms with van der Waals surface area (Å²) in [5.41, 5.74) is 3.06. The maximum Gasteiger partial charge on any atom is -0.00146 e. The zero-order chi connectivity index (χ0) is 13.0. The predicted molar refractivity (Wildman–Crippen MR) is 79.0 cm³/mol. The van der Waals surface area contributed by atoms with Gasteiger partial charge in [-0.2, -0.15) is 0 Å². The molecule has 1 heteroatoms. The fourth-order valence-corrected chi connectivity index (χ4v) is 3.25. The minimum atomic E-state index is 0.753. The lowest BCUT2D eigenvalue weighted by Gasteiger charge is -2.22. The van der Waals surface area contributed by atoms with Crippen LogP contribution in [0.3, 0.4) is 0 Å². The normalized spacial score (nSPS) is 23.8. The highest BCUT2D eigenvalue weighted by molar-refractivity contribution is 5.30. The van der Waals surface area contributed by atoms with Gasteiger partial charge in [-0.15, -0.1) is 0 Å². The second-order valence-corrected chi connectivity index (χ2v) is 6.21. The van der Waals surface area contributed by atoms with E-state index in [0.717, 1.165) is 24.3 Å². The van der Waals surface area contributed by atoms with Crippen LogP contribution in [0.25, 0.3) is 0 Å². The van der Waals surface area contributed by atoms with E-state index in [1.165, 1.54) is 31.4 Å². The Morgan fingerprint density at radius 1 is 1.22 bits per heavy atom. The molecule has 0 amide bonds. The predicted octanol–water partition coefficient (Wildman–Crippen LogP) is 4.12. The van der Waals surface area contributed by atoms with Gasteiger partial charge in [0.05, 0.1) is 0 Å². The van der Waals surface area contributed by atoms with Crippen molar-refractivity contribution < 1.29 is 0 Å². The molecule has 1 aliphatic carbocycles. The van der Waals surface area contributed by atoms with Gasteiger partial charge in [0.2, 0.25) is 0 Å². The zero-order valence-electron chi connectivity index (χ0n) is 12.1. The molecule has 1 aliphatic rings. The van der Waals surface area contributed by atoms with Gasteiger partial charge in [-0.25, -0.2) is 0 Å². The molecule has 0 saturated heterocycles. The monoisotopic (exact) mass is 245 g/mol. The van der Waals surface area contributed by atoms with Gasteiger partial charge in [-0.3, -0.25) is 0 Å². The summed E-state index contributed by atoms with van der Waals surface area (Å²) in [4.78, 5) is 0. The van der Waals surface area contributed by atoms with Crippen LogP contribution in [-0.2, 0) is 0 Å². The van der Waals surface area contributed by atoms with E-state index in [2.05, 4.69) is 50.4 Å². The van der Waals surface area contributed by atoms with Crippen molar-refractivity contribution in [2.24, 2.45) is 11.8 Å². The molecule has 0 bridgehead atoms. The zero-order valence-corrected chi connectivity index (χ0v) is 12.1. The Bertz CT molecular complexity index is 370. The van der Waals surface area contributed by atoms with E-state index < -0.39 is 0 Å². The van der Waals surface area contributed by atoms with Gasteiger partial charge < -0.3 is 5.32 Å². The summed E-state index contributed by atoms with van der Waals surface area (Å²) in [6.45, 7) is 9.15. The van der Waals surface area contributed by atoms with Crippen molar-refractivity contribution in [1.82, 2.24) is 5.32 Å². The Kier molecular flexibility index (Phi) is 4.82. The molecule has 1 fully saturated rings. The van der Waals surface area contributed by atoms with Crippen LogP contribution < -0.4 is 5.32 Å². The highest BCUT2D eigenvalue weighted by Crippen LogP contribution is 2.40. The van der Waals surface area contributed by atoms with Crippen LogP contribution in [0, 0.1) is 18.8 Å². The van der Waals surface area contributed by atoms with Crippen LogP contribution in [0.5, 0.6) is 0 Å². The summed E-state index contributed by atoms with van der Waals surface area (Å²) in [5.74, 6) is 2.37. The summed E-state index contributed by atoms with van der Waals surface area (Å²) < 4.78 is 0. The Morgan fingerprint density at radius 3 is 2.72 bits per heavy atom. The van der Waals surface area contributed by atoms with Crippen molar-refractivity contribution in [3.05, 3.63) is 35.4 Å². The first-order chi connectivity index (χ1) is 8.68. The molecule has 0 radical (unpaired) electrons. The molecule has 2 atom stereocenters. The van der Waals surface area contributed by atoms with Crippen molar-refractivity contribution in [2.45, 2.75) is 46.0 Å². The molecule has 100 valence electrons. The number of rotatable bonds is 5. The summed E-state index contributed by atoms with van der Waals surface area (Å²) in [7, 11) is 0. The third-order valence-corrected chi connectivity index (χ3v) is 4.21. The molecular weight excluding hydrogens is 218 g/mol. The topological polar surface area (TPSA) is 12.0 Å². The number of nitrogens with one attached hydrogen (secondary N) is 1. The lowest BCUT2D eigenvalue weighted by Crippen LogP contribution is -2.27. The molecule has 0 aliphatic heterocycles. The molecule has 1 saturated carbocycles. The highest BCUT2D eigenvalue weighted by Gasteiger charge is 2.28. The van der Waals surface area contributed by atoms with E-state index in [0.29, 0.717) is 0 Å². The molecule has 2 rings (SSSR count). The fourth-order valence-electron chi connectivity index (χ4n) is 3.25. The Hall–Kier alpha value is -0.820. The van der Waals surface area contributed by atoms with Crippen LogP contribution in [0.15, 0.2) is 24.3 Å². The van der Waals surface area contributed by atoms with Crippen molar-refractivity contribution >= 4 is 0 Å². The van der Waals surface area contributed by atoms with E-state index in [1.54, 1.807) is 5.56 Å². The third kappa shape index (κ3) is 3.35. The standard InChI is InChI=1S/C17H27N/c1-13(2)11-18-12-15-8-6-10-17(15)16-9-5-4-7-14(16)3/h4-5,7,9,13,15,17-18H,6,8,10-12H2,1-3H3. The summed E-state index contributed by atoms with van der Waals surface area (Å²) in [6.07, 6.45) is 4.16. The van der Waals surface area contributed by atoms with Crippen molar-refractivity contribution in [2.75, 3.05) is 13.1 Å². The van der Waals surface area contributed by atoms with Crippen LogP contribution in [0.2, 0.25) is 0 Å². The smallest absolute Gasteiger partial charge is 0.00146 e. The molecule has 0 heterocycles. The van der Waals surface area contributed by atoms with Crippen LogP contribution in [0.1, 0.15) is 50.2 Å². The Morgan fingerprint density at radius 2 is 2.00 bits per heavy atom. The van der Waals surface area contributed by atoms with Crippen LogP contribution in [0.4, 0.5) is 0 Å². The number of hydrogen-bond donors (Lipinski definition) is 1. The van der Waals surface area contributed by atoms with E-state index in [4.69, 9.17) is 0 Å². The molecule has 0 spiro atoms. The van der Waals surface area contributed by atoms with E-state index >= 15 is 0 Å². The first kappa shape index (κ1) is 13.6. The Labute approximate surface area is 112 Å². The second-order valence-electron chi connectivity index (χ2n) is 6.21. The van der Waals surface area contributed by atoms with Gasteiger partial charge in [-0.1, -0.05) is 44.5 Å². The average Bonchev–Trinajstić information content (AvgIpc) is 2.77. The quantitative estimate of drug-likeness (QED) is 0.822. The Balaban J connectivity index is 1.97. The summed E-state index contributed by atoms with van der Waals surface area (Å²) >= 11 is 0. The van der Waals surface area contributed by atoms with E-state index in [9.17, 15) is 0 Å². The third-order valence-electron chi connectivity index (χ3n) is 4.21. The summed E-state index contributed by atoms with van der Waals surface area (Å²) in [6, 6.07) is 8.94. The van der Waals surface area contributed by atoms with Gasteiger partial charge in [0.15, 0.2) is 0 Å². The first-order valence-electron chi connectivity index (χ1n) is 7.44. The minimum absolute atomic E-state index is 0.753. The molecule has 1 N–H and O–H groups in total. The van der Waals surface area contributed by atoms with Crippen molar-refractivity contribution in [3.8, 4) is 0 Å².